The quantitative estimate of drug-likeness (QED) is 0.727. The van der Waals surface area contributed by atoms with Gasteiger partial charge < -0.3 is 15.0 Å². The fourth-order valence-electron chi connectivity index (χ4n) is 3.80. The molecule has 1 aliphatic carbocycles. The zero-order chi connectivity index (χ0) is 22.1. The van der Waals surface area contributed by atoms with Gasteiger partial charge in [0.1, 0.15) is 6.04 Å². The molecule has 0 saturated heterocycles. The van der Waals surface area contributed by atoms with Crippen molar-refractivity contribution in [1.82, 2.24) is 10.2 Å². The van der Waals surface area contributed by atoms with Gasteiger partial charge in [0.05, 0.1) is 5.76 Å². The van der Waals surface area contributed by atoms with Crippen molar-refractivity contribution in [3.63, 3.8) is 0 Å². The van der Waals surface area contributed by atoms with Crippen LogP contribution in [0.1, 0.15) is 65.9 Å². The highest BCUT2D eigenvalue weighted by Crippen LogP contribution is 2.31. The van der Waals surface area contributed by atoms with E-state index >= 15 is 0 Å². The van der Waals surface area contributed by atoms with Crippen LogP contribution in [0.2, 0.25) is 0 Å². The number of carbonyl (C=O) groups excluding carboxylic acids is 2. The summed E-state index contributed by atoms with van der Waals surface area (Å²) < 4.78 is 5.92. The SMILES string of the molecule is C/C1=C/CC2=C(CCC1)OCC(=O)N(Cc1ccccc1)C2C(=O)NC(C)C.CC. The second-order valence-electron chi connectivity index (χ2n) is 7.92. The first-order chi connectivity index (χ1) is 14.5. The Morgan fingerprint density at radius 2 is 1.90 bits per heavy atom. The summed E-state index contributed by atoms with van der Waals surface area (Å²) >= 11 is 0. The van der Waals surface area contributed by atoms with Gasteiger partial charge in [-0.05, 0) is 45.6 Å². The van der Waals surface area contributed by atoms with E-state index in [0.29, 0.717) is 13.0 Å². The van der Waals surface area contributed by atoms with E-state index in [1.165, 1.54) is 5.57 Å². The van der Waals surface area contributed by atoms with Crippen LogP contribution in [0, 0.1) is 0 Å². The van der Waals surface area contributed by atoms with Crippen LogP contribution in [0.15, 0.2) is 53.3 Å². The van der Waals surface area contributed by atoms with Crippen LogP contribution < -0.4 is 5.32 Å². The number of rotatable bonds is 4. The van der Waals surface area contributed by atoms with Crippen LogP contribution in [0.5, 0.6) is 0 Å². The molecule has 30 heavy (non-hydrogen) atoms. The molecule has 5 heteroatoms. The van der Waals surface area contributed by atoms with E-state index in [-0.39, 0.29) is 24.5 Å². The number of nitrogens with one attached hydrogen (secondary N) is 1. The van der Waals surface area contributed by atoms with Crippen molar-refractivity contribution in [2.45, 2.75) is 78.9 Å². The van der Waals surface area contributed by atoms with E-state index in [2.05, 4.69) is 18.3 Å². The lowest BCUT2D eigenvalue weighted by molar-refractivity contribution is -0.141. The topological polar surface area (TPSA) is 58.6 Å². The smallest absolute Gasteiger partial charge is 0.261 e. The van der Waals surface area contributed by atoms with E-state index in [9.17, 15) is 9.59 Å². The van der Waals surface area contributed by atoms with Crippen LogP contribution in [-0.4, -0.2) is 35.4 Å². The molecule has 2 amide bonds. The Hall–Kier alpha value is -2.56. The summed E-state index contributed by atoms with van der Waals surface area (Å²) in [4.78, 5) is 27.9. The zero-order valence-corrected chi connectivity index (χ0v) is 19.0. The molecule has 0 fully saturated rings. The molecule has 1 N–H and O–H groups in total. The van der Waals surface area contributed by atoms with Crippen molar-refractivity contribution in [2.24, 2.45) is 0 Å². The van der Waals surface area contributed by atoms with Crippen molar-refractivity contribution in [2.75, 3.05) is 6.61 Å². The summed E-state index contributed by atoms with van der Waals surface area (Å²) in [5.74, 6) is 0.528. The predicted molar refractivity (Wildman–Crippen MR) is 121 cm³/mol. The number of amides is 2. The van der Waals surface area contributed by atoms with E-state index < -0.39 is 6.04 Å². The van der Waals surface area contributed by atoms with Crippen molar-refractivity contribution in [3.8, 4) is 0 Å². The summed E-state index contributed by atoms with van der Waals surface area (Å²) in [6.45, 7) is 10.4. The number of benzene rings is 1. The van der Waals surface area contributed by atoms with Crippen LogP contribution in [0.4, 0.5) is 0 Å². The van der Waals surface area contributed by atoms with E-state index in [0.717, 1.165) is 36.2 Å². The third kappa shape index (κ3) is 6.22. The lowest BCUT2D eigenvalue weighted by Gasteiger charge is -2.31. The lowest BCUT2D eigenvalue weighted by atomic mass is 9.93. The molecular weight excluding hydrogens is 376 g/mol. The molecule has 0 bridgehead atoms. The highest BCUT2D eigenvalue weighted by molar-refractivity contribution is 5.91. The van der Waals surface area contributed by atoms with Crippen molar-refractivity contribution >= 4 is 11.8 Å². The zero-order valence-electron chi connectivity index (χ0n) is 19.0. The molecule has 0 radical (unpaired) electrons. The first kappa shape index (κ1) is 23.7. The van der Waals surface area contributed by atoms with Crippen LogP contribution in [0.3, 0.4) is 0 Å². The maximum atomic E-state index is 13.2. The normalized spacial score (nSPS) is 21.1. The Morgan fingerprint density at radius 1 is 1.20 bits per heavy atom. The lowest BCUT2D eigenvalue weighted by Crippen LogP contribution is -2.51. The molecule has 164 valence electrons. The predicted octanol–water partition coefficient (Wildman–Crippen LogP) is 4.74. The molecule has 0 saturated carbocycles. The highest BCUT2D eigenvalue weighted by atomic mass is 16.5. The molecule has 1 heterocycles. The minimum absolute atomic E-state index is 0.000216. The van der Waals surface area contributed by atoms with E-state index in [4.69, 9.17) is 4.74 Å². The van der Waals surface area contributed by atoms with E-state index in [1.807, 2.05) is 58.0 Å². The van der Waals surface area contributed by atoms with Gasteiger partial charge in [-0.15, -0.1) is 0 Å². The van der Waals surface area contributed by atoms with Gasteiger partial charge in [-0.25, -0.2) is 0 Å². The van der Waals surface area contributed by atoms with Gasteiger partial charge in [-0.3, -0.25) is 9.59 Å². The molecule has 5 nitrogen and oxygen atoms in total. The monoisotopic (exact) mass is 412 g/mol. The number of hydrogen-bond acceptors (Lipinski definition) is 3. The molecule has 3 rings (SSSR count). The molecule has 0 spiro atoms. The minimum Gasteiger partial charge on any atom is -0.488 e. The maximum absolute atomic E-state index is 13.2. The standard InChI is InChI=1S/C23H30N2O3.C2H6/c1-16(2)24-23(27)22-19-13-12-17(3)8-7-11-20(19)28-15-21(26)25(22)14-18-9-5-4-6-10-18;1-2/h4-6,9-10,12,16,22H,7-8,11,13-15H2,1-3H3,(H,24,27);1-2H3/b17-12-;. The van der Waals surface area contributed by atoms with Gasteiger partial charge in [0, 0.05) is 24.6 Å². The molecule has 1 atom stereocenters. The first-order valence-electron chi connectivity index (χ1n) is 11.1. The second-order valence-corrected chi connectivity index (χ2v) is 7.92. The Bertz CT molecular complexity index is 781. The van der Waals surface area contributed by atoms with Crippen molar-refractivity contribution < 1.29 is 14.3 Å². The Morgan fingerprint density at radius 3 is 2.57 bits per heavy atom. The molecule has 0 aromatic heterocycles. The summed E-state index contributed by atoms with van der Waals surface area (Å²) in [6.07, 6.45) is 5.55. The fraction of sp³-hybridized carbons (Fsp3) is 0.520. The van der Waals surface area contributed by atoms with Gasteiger partial charge in [-0.1, -0.05) is 55.8 Å². The summed E-state index contributed by atoms with van der Waals surface area (Å²) in [5, 5.41) is 3.01. The second kappa shape index (κ2) is 11.6. The number of nitrogens with zero attached hydrogens (tertiary/aromatic N) is 1. The largest absolute Gasteiger partial charge is 0.488 e. The average Bonchev–Trinajstić information content (AvgIpc) is 2.84. The maximum Gasteiger partial charge on any atom is 0.261 e. The van der Waals surface area contributed by atoms with Gasteiger partial charge in [0.2, 0.25) is 5.91 Å². The van der Waals surface area contributed by atoms with Crippen LogP contribution in [0.25, 0.3) is 0 Å². The summed E-state index contributed by atoms with van der Waals surface area (Å²) in [6, 6.07) is 9.16. The van der Waals surface area contributed by atoms with Gasteiger partial charge >= 0.3 is 0 Å². The third-order valence-corrected chi connectivity index (χ3v) is 5.21. The molecule has 2 aliphatic rings. The fourth-order valence-corrected chi connectivity index (χ4v) is 3.80. The average molecular weight is 413 g/mol. The summed E-state index contributed by atoms with van der Waals surface area (Å²) in [7, 11) is 0. The Balaban J connectivity index is 0.00000155. The van der Waals surface area contributed by atoms with Crippen molar-refractivity contribution in [1.29, 1.82) is 0 Å². The van der Waals surface area contributed by atoms with Gasteiger partial charge in [0.25, 0.3) is 5.91 Å². The molecule has 1 unspecified atom stereocenters. The number of allylic oxidation sites excluding steroid dienone is 3. The minimum atomic E-state index is -0.644. The Kier molecular flexibility index (Phi) is 9.15. The molecule has 1 aromatic rings. The highest BCUT2D eigenvalue weighted by Gasteiger charge is 2.37. The van der Waals surface area contributed by atoms with Crippen LogP contribution >= 0.6 is 0 Å². The molecular formula is C25H36N2O3. The number of carbonyl (C=O) groups is 2. The van der Waals surface area contributed by atoms with Crippen LogP contribution in [-0.2, 0) is 20.9 Å². The Labute approximate surface area is 181 Å². The van der Waals surface area contributed by atoms with Gasteiger partial charge in [0.15, 0.2) is 6.61 Å². The van der Waals surface area contributed by atoms with Crippen molar-refractivity contribution in [3.05, 3.63) is 58.9 Å². The van der Waals surface area contributed by atoms with Gasteiger partial charge in [-0.2, -0.15) is 0 Å². The number of ether oxygens (including phenoxy) is 1. The first-order valence-corrected chi connectivity index (χ1v) is 11.1. The number of hydrogen-bond donors (Lipinski definition) is 1. The third-order valence-electron chi connectivity index (χ3n) is 5.21. The molecule has 1 aromatic carbocycles. The van der Waals surface area contributed by atoms with E-state index in [1.54, 1.807) is 4.90 Å². The summed E-state index contributed by atoms with van der Waals surface area (Å²) in [5.41, 5.74) is 3.23. The molecule has 1 aliphatic heterocycles.